The van der Waals surface area contributed by atoms with E-state index in [0.717, 1.165) is 5.69 Å². The number of fused-ring (bicyclic) bond motifs is 2. The van der Waals surface area contributed by atoms with Gasteiger partial charge in [-0.05, 0) is 42.5 Å². The van der Waals surface area contributed by atoms with Crippen LogP contribution in [0.2, 0.25) is 0 Å². The second kappa shape index (κ2) is 6.79. The molecule has 7 nitrogen and oxygen atoms in total. The van der Waals surface area contributed by atoms with Crippen LogP contribution in [0.3, 0.4) is 0 Å². The summed E-state index contributed by atoms with van der Waals surface area (Å²) in [5.74, 6) is 0.514. The molecule has 0 aliphatic carbocycles. The zero-order valence-corrected chi connectivity index (χ0v) is 15.3. The third-order valence-corrected chi connectivity index (χ3v) is 4.77. The second-order valence-corrected chi connectivity index (χ2v) is 6.60. The van der Waals surface area contributed by atoms with Gasteiger partial charge >= 0.3 is 0 Å². The monoisotopic (exact) mass is 381 g/mol. The van der Waals surface area contributed by atoms with Crippen LogP contribution in [-0.4, -0.2) is 24.1 Å². The minimum atomic E-state index is -0.268. The van der Waals surface area contributed by atoms with E-state index < -0.39 is 0 Å². The van der Waals surface area contributed by atoms with E-state index in [-0.39, 0.29) is 11.1 Å². The van der Waals surface area contributed by atoms with Gasteiger partial charge in [-0.3, -0.25) is 19.1 Å². The molecule has 0 radical (unpaired) electrons. The summed E-state index contributed by atoms with van der Waals surface area (Å²) in [7, 11) is 0. The van der Waals surface area contributed by atoms with E-state index in [0.29, 0.717) is 34.2 Å². The highest BCUT2D eigenvalue weighted by Gasteiger charge is 2.11. The van der Waals surface area contributed by atoms with Gasteiger partial charge in [-0.15, -0.1) is 0 Å². The Morgan fingerprint density at radius 1 is 0.759 bits per heavy atom. The van der Waals surface area contributed by atoms with Crippen molar-refractivity contribution >= 4 is 21.8 Å². The van der Waals surface area contributed by atoms with Crippen molar-refractivity contribution in [2.24, 2.45) is 0 Å². The summed E-state index contributed by atoms with van der Waals surface area (Å²) >= 11 is 0. The molecule has 29 heavy (non-hydrogen) atoms. The first-order valence-electron chi connectivity index (χ1n) is 9.07. The Hall–Kier alpha value is -4.13. The Morgan fingerprint density at radius 3 is 2.21 bits per heavy atom. The van der Waals surface area contributed by atoms with E-state index in [4.69, 9.17) is 0 Å². The van der Waals surface area contributed by atoms with Gasteiger partial charge in [-0.25, -0.2) is 9.97 Å². The SMILES string of the molecule is O=c1c2cc3c(=O)n(-c4ccccn4)ccc3nc2ccn1Cc1ccccn1. The molecule has 0 aromatic carbocycles. The summed E-state index contributed by atoms with van der Waals surface area (Å²) in [6.07, 6.45) is 6.67. The number of pyridine rings is 5. The minimum Gasteiger partial charge on any atom is -0.309 e. The van der Waals surface area contributed by atoms with Crippen molar-refractivity contribution in [2.75, 3.05) is 0 Å². The molecule has 0 saturated heterocycles. The van der Waals surface area contributed by atoms with Crippen LogP contribution < -0.4 is 11.1 Å². The molecule has 0 spiro atoms. The Labute approximate surface area is 164 Å². The standard InChI is InChI=1S/C22H15N5O2/c28-21-16-13-17-19(8-12-27(22(17)29)20-6-2-4-10-24-20)25-18(16)7-11-26(21)14-15-5-1-3-9-23-15/h1-13H,14H2. The smallest absolute Gasteiger partial charge is 0.265 e. The quantitative estimate of drug-likeness (QED) is 0.449. The van der Waals surface area contributed by atoms with E-state index >= 15 is 0 Å². The summed E-state index contributed by atoms with van der Waals surface area (Å²) in [6.45, 7) is 0.348. The summed E-state index contributed by atoms with van der Waals surface area (Å²) in [5, 5.41) is 0.769. The molecule has 5 rings (SSSR count). The predicted molar refractivity (Wildman–Crippen MR) is 110 cm³/mol. The average molecular weight is 381 g/mol. The van der Waals surface area contributed by atoms with Crippen LogP contribution in [0.5, 0.6) is 0 Å². The van der Waals surface area contributed by atoms with Gasteiger partial charge in [0.2, 0.25) is 0 Å². The maximum absolute atomic E-state index is 13.0. The van der Waals surface area contributed by atoms with Crippen molar-refractivity contribution in [3.63, 3.8) is 0 Å². The van der Waals surface area contributed by atoms with Crippen LogP contribution in [0.1, 0.15) is 5.69 Å². The predicted octanol–water partition coefficient (Wildman–Crippen LogP) is 2.54. The van der Waals surface area contributed by atoms with Gasteiger partial charge in [0, 0.05) is 24.8 Å². The summed E-state index contributed by atoms with van der Waals surface area (Å²) in [5.41, 5.74) is 1.39. The van der Waals surface area contributed by atoms with Crippen LogP contribution in [0.15, 0.2) is 89.0 Å². The molecule has 0 unspecified atom stereocenters. The van der Waals surface area contributed by atoms with Gasteiger partial charge in [0.1, 0.15) is 5.82 Å². The van der Waals surface area contributed by atoms with Crippen LogP contribution in [0, 0.1) is 0 Å². The molecule has 0 amide bonds. The Balaban J connectivity index is 1.70. The number of hydrogen-bond acceptors (Lipinski definition) is 5. The van der Waals surface area contributed by atoms with Gasteiger partial charge in [-0.1, -0.05) is 12.1 Å². The van der Waals surface area contributed by atoms with Crippen LogP contribution in [0.4, 0.5) is 0 Å². The fraction of sp³-hybridized carbons (Fsp3) is 0.0455. The van der Waals surface area contributed by atoms with Gasteiger partial charge < -0.3 is 4.57 Å². The normalized spacial score (nSPS) is 11.2. The summed E-state index contributed by atoms with van der Waals surface area (Å²) in [4.78, 5) is 39.1. The highest BCUT2D eigenvalue weighted by molar-refractivity contribution is 5.91. The minimum absolute atomic E-state index is 0.213. The van der Waals surface area contributed by atoms with E-state index in [2.05, 4.69) is 15.0 Å². The fourth-order valence-corrected chi connectivity index (χ4v) is 3.33. The molecule has 0 aliphatic rings. The van der Waals surface area contributed by atoms with Gasteiger partial charge in [0.05, 0.1) is 34.0 Å². The lowest BCUT2D eigenvalue weighted by atomic mass is 10.2. The molecule has 7 heteroatoms. The van der Waals surface area contributed by atoms with Crippen molar-refractivity contribution in [3.8, 4) is 5.82 Å². The molecule has 0 N–H and O–H groups in total. The van der Waals surface area contributed by atoms with Crippen molar-refractivity contribution in [1.82, 2.24) is 24.1 Å². The average Bonchev–Trinajstić information content (AvgIpc) is 2.77. The Morgan fingerprint density at radius 2 is 1.48 bits per heavy atom. The molecular formula is C22H15N5O2. The molecule has 0 aliphatic heterocycles. The van der Waals surface area contributed by atoms with Crippen molar-refractivity contribution in [3.05, 3.63) is 106 Å². The van der Waals surface area contributed by atoms with Crippen LogP contribution in [0.25, 0.3) is 27.6 Å². The zero-order valence-electron chi connectivity index (χ0n) is 15.3. The van der Waals surface area contributed by atoms with Crippen molar-refractivity contribution in [1.29, 1.82) is 0 Å². The maximum Gasteiger partial charge on any atom is 0.265 e. The maximum atomic E-state index is 13.0. The van der Waals surface area contributed by atoms with E-state index in [1.165, 1.54) is 4.57 Å². The fourth-order valence-electron chi connectivity index (χ4n) is 3.33. The number of hydrogen-bond donors (Lipinski definition) is 0. The third-order valence-electron chi connectivity index (χ3n) is 4.77. The number of rotatable bonds is 3. The van der Waals surface area contributed by atoms with Gasteiger partial charge in [0.25, 0.3) is 11.1 Å². The lowest BCUT2D eigenvalue weighted by molar-refractivity contribution is 0.746. The molecule has 140 valence electrons. The van der Waals surface area contributed by atoms with Gasteiger partial charge in [0.15, 0.2) is 0 Å². The zero-order chi connectivity index (χ0) is 19.8. The molecule has 0 saturated carbocycles. The lowest BCUT2D eigenvalue weighted by Crippen LogP contribution is -2.22. The molecule has 0 fully saturated rings. The van der Waals surface area contributed by atoms with E-state index in [1.54, 1.807) is 59.7 Å². The van der Waals surface area contributed by atoms with Gasteiger partial charge in [-0.2, -0.15) is 0 Å². The first kappa shape index (κ1) is 17.0. The van der Waals surface area contributed by atoms with Crippen LogP contribution >= 0.6 is 0 Å². The number of nitrogens with zero attached hydrogens (tertiary/aromatic N) is 5. The molecule has 5 aromatic heterocycles. The first-order chi connectivity index (χ1) is 14.2. The molecule has 0 bridgehead atoms. The third kappa shape index (κ3) is 2.98. The molecule has 5 heterocycles. The highest BCUT2D eigenvalue weighted by atomic mass is 16.1. The molecular weight excluding hydrogens is 366 g/mol. The van der Waals surface area contributed by atoms with E-state index in [9.17, 15) is 9.59 Å². The molecule has 0 atom stereocenters. The summed E-state index contributed by atoms with van der Waals surface area (Å²) < 4.78 is 3.02. The topological polar surface area (TPSA) is 82.7 Å². The number of aromatic nitrogens is 5. The van der Waals surface area contributed by atoms with E-state index in [1.807, 2.05) is 24.3 Å². The highest BCUT2D eigenvalue weighted by Crippen LogP contribution is 2.15. The Kier molecular flexibility index (Phi) is 3.98. The van der Waals surface area contributed by atoms with Crippen molar-refractivity contribution < 1.29 is 0 Å². The lowest BCUT2D eigenvalue weighted by Gasteiger charge is -2.09. The summed E-state index contributed by atoms with van der Waals surface area (Å²) in [6, 6.07) is 16.1. The largest absolute Gasteiger partial charge is 0.309 e. The first-order valence-corrected chi connectivity index (χ1v) is 9.07. The molecule has 5 aromatic rings. The van der Waals surface area contributed by atoms with Crippen LogP contribution in [-0.2, 0) is 6.54 Å². The Bertz CT molecular complexity index is 1460. The van der Waals surface area contributed by atoms with Crippen molar-refractivity contribution in [2.45, 2.75) is 6.54 Å². The second-order valence-electron chi connectivity index (χ2n) is 6.60.